The quantitative estimate of drug-likeness (QED) is 0.504. The predicted octanol–water partition coefficient (Wildman–Crippen LogP) is 1.79. The first-order valence-electron chi connectivity index (χ1n) is 7.06. The van der Waals surface area contributed by atoms with Crippen molar-refractivity contribution in [3.05, 3.63) is 0 Å². The number of likely N-dealkylation sites (N-methyl/N-ethyl adjacent to an activating group) is 1. The van der Waals surface area contributed by atoms with Crippen molar-refractivity contribution < 1.29 is 9.53 Å². The number of esters is 1. The highest BCUT2D eigenvalue weighted by atomic mass is 16.5. The molecule has 106 valence electrons. The van der Waals surface area contributed by atoms with Crippen molar-refractivity contribution in [2.24, 2.45) is 0 Å². The molecule has 0 radical (unpaired) electrons. The number of hydrogen-bond donors (Lipinski definition) is 1. The van der Waals surface area contributed by atoms with Crippen molar-refractivity contribution in [3.8, 4) is 0 Å². The third-order valence-electron chi connectivity index (χ3n) is 3.47. The van der Waals surface area contributed by atoms with Gasteiger partial charge >= 0.3 is 5.97 Å². The van der Waals surface area contributed by atoms with E-state index in [1.807, 2.05) is 6.92 Å². The fraction of sp³-hybridized carbons (Fsp3) is 0.929. The van der Waals surface area contributed by atoms with Crippen LogP contribution in [0.3, 0.4) is 0 Å². The summed E-state index contributed by atoms with van der Waals surface area (Å²) in [6, 6.07) is 0.498. The molecule has 1 unspecified atom stereocenters. The number of carbonyl (C=O) groups is 1. The fourth-order valence-electron chi connectivity index (χ4n) is 2.32. The molecule has 0 aromatic heterocycles. The summed E-state index contributed by atoms with van der Waals surface area (Å²) in [7, 11) is 3.54. The summed E-state index contributed by atoms with van der Waals surface area (Å²) in [6.07, 6.45) is 6.00. The number of rotatable bonds is 9. The number of carbonyl (C=O) groups excluding carboxylic acids is 1. The predicted molar refractivity (Wildman–Crippen MR) is 73.6 cm³/mol. The van der Waals surface area contributed by atoms with Gasteiger partial charge in [-0.05, 0) is 39.8 Å². The van der Waals surface area contributed by atoms with Crippen molar-refractivity contribution in [2.75, 3.05) is 27.2 Å². The second-order valence-electron chi connectivity index (χ2n) is 5.69. The lowest BCUT2D eigenvalue weighted by atomic mass is 10.0. The van der Waals surface area contributed by atoms with Crippen LogP contribution in [0.15, 0.2) is 0 Å². The zero-order valence-corrected chi connectivity index (χ0v) is 12.3. The van der Waals surface area contributed by atoms with E-state index in [1.54, 1.807) is 0 Å². The van der Waals surface area contributed by atoms with Gasteiger partial charge in [0.25, 0.3) is 0 Å². The molecule has 1 rings (SSSR count). The molecule has 0 saturated heterocycles. The lowest BCUT2D eigenvalue weighted by Gasteiger charge is -2.32. The first-order valence-corrected chi connectivity index (χ1v) is 7.06. The van der Waals surface area contributed by atoms with Gasteiger partial charge in [-0.1, -0.05) is 19.8 Å². The van der Waals surface area contributed by atoms with Crippen LogP contribution in [0.25, 0.3) is 0 Å². The molecule has 0 heterocycles. The average Bonchev–Trinajstić information content (AvgIpc) is 3.11. The highest BCUT2D eigenvalue weighted by Crippen LogP contribution is 2.23. The summed E-state index contributed by atoms with van der Waals surface area (Å²) in [6.45, 7) is 5.90. The van der Waals surface area contributed by atoms with Gasteiger partial charge in [0.2, 0.25) is 0 Å². The highest BCUT2D eigenvalue weighted by Gasteiger charge is 2.40. The number of nitrogens with one attached hydrogen (secondary N) is 1. The first-order chi connectivity index (χ1) is 8.51. The van der Waals surface area contributed by atoms with Crippen LogP contribution in [-0.4, -0.2) is 49.7 Å². The third-order valence-corrected chi connectivity index (χ3v) is 3.47. The lowest BCUT2D eigenvalue weighted by Crippen LogP contribution is -2.57. The summed E-state index contributed by atoms with van der Waals surface area (Å²) >= 11 is 0. The molecule has 4 nitrogen and oxygen atoms in total. The summed E-state index contributed by atoms with van der Waals surface area (Å²) in [5.74, 6) is -0.156. The third kappa shape index (κ3) is 4.94. The SMILES string of the molecule is CCCCCN(C)CC(C)(NC1CC1)C(=O)OC. The van der Waals surface area contributed by atoms with Crippen LogP contribution in [0.1, 0.15) is 46.0 Å². The van der Waals surface area contributed by atoms with E-state index in [9.17, 15) is 4.79 Å². The zero-order valence-electron chi connectivity index (χ0n) is 12.3. The van der Waals surface area contributed by atoms with Crippen molar-refractivity contribution in [2.45, 2.75) is 57.5 Å². The molecular weight excluding hydrogens is 228 g/mol. The Balaban J connectivity index is 2.46. The summed E-state index contributed by atoms with van der Waals surface area (Å²) in [5, 5.41) is 3.42. The Morgan fingerprint density at radius 3 is 2.61 bits per heavy atom. The van der Waals surface area contributed by atoms with Crippen LogP contribution in [0.5, 0.6) is 0 Å². The van der Waals surface area contributed by atoms with Crippen LogP contribution in [0.2, 0.25) is 0 Å². The molecule has 1 saturated carbocycles. The molecule has 0 amide bonds. The molecular formula is C14H28N2O2. The van der Waals surface area contributed by atoms with Gasteiger partial charge in [-0.3, -0.25) is 10.1 Å². The Morgan fingerprint density at radius 2 is 2.11 bits per heavy atom. The Kier molecular flexibility index (Phi) is 6.09. The molecule has 1 N–H and O–H groups in total. The highest BCUT2D eigenvalue weighted by molar-refractivity contribution is 5.80. The first kappa shape index (κ1) is 15.4. The van der Waals surface area contributed by atoms with Gasteiger partial charge in [0.15, 0.2) is 0 Å². The van der Waals surface area contributed by atoms with E-state index in [1.165, 1.54) is 39.2 Å². The van der Waals surface area contributed by atoms with Crippen molar-refractivity contribution in [1.29, 1.82) is 0 Å². The summed E-state index contributed by atoms with van der Waals surface area (Å²) in [5.41, 5.74) is -0.573. The molecule has 0 bridgehead atoms. The van der Waals surface area contributed by atoms with Gasteiger partial charge in [-0.25, -0.2) is 0 Å². The summed E-state index contributed by atoms with van der Waals surface area (Å²) < 4.78 is 4.94. The maximum atomic E-state index is 12.0. The van der Waals surface area contributed by atoms with Crippen LogP contribution >= 0.6 is 0 Å². The number of ether oxygens (including phenoxy) is 1. The summed E-state index contributed by atoms with van der Waals surface area (Å²) in [4.78, 5) is 14.2. The van der Waals surface area contributed by atoms with Crippen LogP contribution in [0, 0.1) is 0 Å². The second-order valence-corrected chi connectivity index (χ2v) is 5.69. The molecule has 0 aromatic rings. The number of nitrogens with zero attached hydrogens (tertiary/aromatic N) is 1. The number of hydrogen-bond acceptors (Lipinski definition) is 4. The zero-order chi connectivity index (χ0) is 13.6. The molecule has 0 aliphatic heterocycles. The van der Waals surface area contributed by atoms with E-state index < -0.39 is 5.54 Å². The Hall–Kier alpha value is -0.610. The van der Waals surface area contributed by atoms with Gasteiger partial charge in [-0.15, -0.1) is 0 Å². The molecule has 1 atom stereocenters. The van der Waals surface area contributed by atoms with Gasteiger partial charge in [0, 0.05) is 12.6 Å². The molecule has 4 heteroatoms. The largest absolute Gasteiger partial charge is 0.468 e. The maximum absolute atomic E-state index is 12.0. The minimum Gasteiger partial charge on any atom is -0.468 e. The topological polar surface area (TPSA) is 41.6 Å². The van der Waals surface area contributed by atoms with E-state index in [0.29, 0.717) is 12.6 Å². The molecule has 1 aliphatic carbocycles. The normalized spacial score (nSPS) is 18.7. The molecule has 1 aliphatic rings. The van der Waals surface area contributed by atoms with Gasteiger partial charge in [-0.2, -0.15) is 0 Å². The average molecular weight is 256 g/mol. The number of methoxy groups -OCH3 is 1. The van der Waals surface area contributed by atoms with Crippen molar-refractivity contribution in [3.63, 3.8) is 0 Å². The Morgan fingerprint density at radius 1 is 1.44 bits per heavy atom. The van der Waals surface area contributed by atoms with Crippen LogP contribution in [-0.2, 0) is 9.53 Å². The monoisotopic (exact) mass is 256 g/mol. The molecule has 0 spiro atoms. The van der Waals surface area contributed by atoms with E-state index in [4.69, 9.17) is 4.74 Å². The second kappa shape index (κ2) is 7.10. The fourth-order valence-corrected chi connectivity index (χ4v) is 2.32. The molecule has 1 fully saturated rings. The van der Waals surface area contributed by atoms with Crippen LogP contribution < -0.4 is 5.32 Å². The Bertz CT molecular complexity index is 267. The number of unbranched alkanes of at least 4 members (excludes halogenated alkanes) is 2. The molecule has 18 heavy (non-hydrogen) atoms. The van der Waals surface area contributed by atoms with E-state index in [2.05, 4.69) is 24.2 Å². The van der Waals surface area contributed by atoms with Crippen LogP contribution in [0.4, 0.5) is 0 Å². The van der Waals surface area contributed by atoms with Gasteiger partial charge < -0.3 is 9.64 Å². The van der Waals surface area contributed by atoms with E-state index >= 15 is 0 Å². The van der Waals surface area contributed by atoms with E-state index in [-0.39, 0.29) is 5.97 Å². The van der Waals surface area contributed by atoms with Crippen molar-refractivity contribution >= 4 is 5.97 Å². The lowest BCUT2D eigenvalue weighted by molar-refractivity contribution is -0.148. The maximum Gasteiger partial charge on any atom is 0.327 e. The minimum atomic E-state index is -0.573. The van der Waals surface area contributed by atoms with Crippen molar-refractivity contribution in [1.82, 2.24) is 10.2 Å². The van der Waals surface area contributed by atoms with E-state index in [0.717, 1.165) is 6.54 Å². The Labute approximate surface area is 111 Å². The van der Waals surface area contributed by atoms with Gasteiger partial charge in [0.1, 0.15) is 5.54 Å². The standard InChI is InChI=1S/C14H28N2O2/c1-5-6-7-10-16(3)11-14(2,13(17)18-4)15-12-8-9-12/h12,15H,5-11H2,1-4H3. The minimum absolute atomic E-state index is 0.156. The van der Waals surface area contributed by atoms with Gasteiger partial charge in [0.05, 0.1) is 7.11 Å². The molecule has 0 aromatic carbocycles. The smallest absolute Gasteiger partial charge is 0.327 e.